The number of nitrogens with two attached hydrogens (primary N) is 1. The fourth-order valence-electron chi connectivity index (χ4n) is 1.07. The van der Waals surface area contributed by atoms with Crippen molar-refractivity contribution >= 4 is 12.0 Å². The molecule has 0 aromatic carbocycles. The lowest BCUT2D eigenvalue weighted by atomic mass is 10.4. The largest absolute Gasteiger partial charge is 0.467 e. The number of rotatable bonds is 3. The molecule has 2 amide bonds. The van der Waals surface area contributed by atoms with E-state index in [0.717, 1.165) is 4.90 Å². The molecule has 0 aliphatic rings. The highest BCUT2D eigenvalue weighted by atomic mass is 16.3. The van der Waals surface area contributed by atoms with Crippen molar-refractivity contribution in [3.8, 4) is 0 Å². The second-order valence-electron chi connectivity index (χ2n) is 2.89. The van der Waals surface area contributed by atoms with Crippen LogP contribution in [0.4, 0.5) is 4.79 Å². The number of carbonyl (C=O) groups is 1. The molecule has 0 unspecified atom stereocenters. The van der Waals surface area contributed by atoms with Gasteiger partial charge in [0, 0.05) is 6.54 Å². The summed E-state index contributed by atoms with van der Waals surface area (Å²) >= 11 is 0. The Bertz CT molecular complexity index is 334. The highest BCUT2D eigenvalue weighted by Gasteiger charge is 2.16. The van der Waals surface area contributed by atoms with Crippen LogP contribution in [-0.4, -0.2) is 23.4 Å². The molecule has 0 saturated carbocycles. The molecule has 0 bridgehead atoms. The van der Waals surface area contributed by atoms with Crippen molar-refractivity contribution in [3.63, 3.8) is 0 Å². The summed E-state index contributed by atoms with van der Waals surface area (Å²) in [5.41, 5.74) is 5.29. The van der Waals surface area contributed by atoms with Crippen molar-refractivity contribution in [1.82, 2.24) is 10.2 Å². The highest BCUT2D eigenvalue weighted by molar-refractivity contribution is 5.93. The Morgan fingerprint density at radius 1 is 1.73 bits per heavy atom. The summed E-state index contributed by atoms with van der Waals surface area (Å²) in [4.78, 5) is 12.6. The lowest BCUT2D eigenvalue weighted by molar-refractivity contribution is 0.216. The van der Waals surface area contributed by atoms with Crippen molar-refractivity contribution in [2.75, 3.05) is 6.54 Å². The Morgan fingerprint density at radius 2 is 2.47 bits per heavy atom. The third kappa shape index (κ3) is 3.01. The zero-order valence-corrected chi connectivity index (χ0v) is 8.49. The Kier molecular flexibility index (Phi) is 3.73. The van der Waals surface area contributed by atoms with Crippen LogP contribution in [0.25, 0.3) is 0 Å². The fraction of sp³-hybridized carbons (Fsp3) is 0.333. The van der Waals surface area contributed by atoms with E-state index in [4.69, 9.17) is 15.6 Å². The second-order valence-corrected chi connectivity index (χ2v) is 2.89. The summed E-state index contributed by atoms with van der Waals surface area (Å²) in [7, 11) is 0. The van der Waals surface area contributed by atoms with E-state index >= 15 is 0 Å². The minimum atomic E-state index is -0.401. The van der Waals surface area contributed by atoms with Gasteiger partial charge in [0.1, 0.15) is 5.76 Å². The van der Waals surface area contributed by atoms with Crippen LogP contribution in [0.1, 0.15) is 12.7 Å². The Balaban J connectivity index is 2.66. The lowest BCUT2D eigenvalue weighted by Gasteiger charge is -2.19. The molecular weight excluding hydrogens is 196 g/mol. The Labute approximate surface area is 87.5 Å². The van der Waals surface area contributed by atoms with Gasteiger partial charge in [-0.15, -0.1) is 0 Å². The van der Waals surface area contributed by atoms with Gasteiger partial charge in [-0.25, -0.2) is 4.79 Å². The van der Waals surface area contributed by atoms with Crippen LogP contribution in [0.3, 0.4) is 0 Å². The van der Waals surface area contributed by atoms with E-state index in [1.807, 2.05) is 0 Å². The quantitative estimate of drug-likeness (QED) is 0.506. The average Bonchev–Trinajstić information content (AvgIpc) is 2.66. The molecule has 15 heavy (non-hydrogen) atoms. The van der Waals surface area contributed by atoms with Gasteiger partial charge in [0.2, 0.25) is 0 Å². The van der Waals surface area contributed by atoms with E-state index in [9.17, 15) is 4.79 Å². The normalized spacial score (nSPS) is 9.67. The number of hydrogen-bond donors (Lipinski definition) is 3. The molecule has 1 aromatic heterocycles. The summed E-state index contributed by atoms with van der Waals surface area (Å²) in [6, 6.07) is 3.03. The summed E-state index contributed by atoms with van der Waals surface area (Å²) < 4.78 is 5.07. The number of nitrogens with one attached hydrogen (secondary N) is 2. The highest BCUT2D eigenvalue weighted by Crippen LogP contribution is 2.04. The van der Waals surface area contributed by atoms with Crippen molar-refractivity contribution in [1.29, 1.82) is 5.41 Å². The van der Waals surface area contributed by atoms with E-state index in [1.165, 1.54) is 6.26 Å². The maximum Gasteiger partial charge on any atom is 0.324 e. The van der Waals surface area contributed by atoms with Gasteiger partial charge < -0.3 is 15.5 Å². The van der Waals surface area contributed by atoms with Crippen molar-refractivity contribution in [3.05, 3.63) is 24.2 Å². The molecule has 0 atom stereocenters. The monoisotopic (exact) mass is 210 g/mol. The molecule has 0 radical (unpaired) electrons. The predicted octanol–water partition coefficient (Wildman–Crippen LogP) is 0.705. The number of amides is 2. The Morgan fingerprint density at radius 3 is 2.93 bits per heavy atom. The van der Waals surface area contributed by atoms with E-state index in [1.54, 1.807) is 19.1 Å². The zero-order valence-electron chi connectivity index (χ0n) is 8.49. The van der Waals surface area contributed by atoms with Crippen molar-refractivity contribution in [2.24, 2.45) is 5.73 Å². The zero-order chi connectivity index (χ0) is 11.3. The number of hydrogen-bond acceptors (Lipinski definition) is 3. The topological polar surface area (TPSA) is 95.4 Å². The molecule has 1 heterocycles. The first-order valence-electron chi connectivity index (χ1n) is 4.57. The molecule has 0 spiro atoms. The number of urea groups is 1. The number of guanidine groups is 1. The van der Waals surface area contributed by atoms with Crippen molar-refractivity contribution < 1.29 is 9.21 Å². The molecule has 0 aliphatic carbocycles. The second kappa shape index (κ2) is 5.04. The molecule has 6 nitrogen and oxygen atoms in total. The van der Waals surface area contributed by atoms with Gasteiger partial charge >= 0.3 is 6.03 Å². The van der Waals surface area contributed by atoms with E-state index < -0.39 is 6.03 Å². The van der Waals surface area contributed by atoms with Crippen LogP contribution in [0.5, 0.6) is 0 Å². The SMILES string of the molecule is CCNC(=O)N(Cc1ccco1)C(=N)N. The molecule has 82 valence electrons. The average molecular weight is 210 g/mol. The number of nitrogens with zero attached hydrogens (tertiary/aromatic N) is 1. The third-order valence-electron chi connectivity index (χ3n) is 1.76. The number of carbonyl (C=O) groups excluding carboxylic acids is 1. The molecular formula is C9H14N4O2. The predicted molar refractivity (Wildman–Crippen MR) is 55.2 cm³/mol. The van der Waals surface area contributed by atoms with Crippen LogP contribution in [0.2, 0.25) is 0 Å². The molecule has 4 N–H and O–H groups in total. The van der Waals surface area contributed by atoms with Gasteiger partial charge in [0.25, 0.3) is 0 Å². The lowest BCUT2D eigenvalue weighted by Crippen LogP contribution is -2.46. The smallest absolute Gasteiger partial charge is 0.324 e. The maximum absolute atomic E-state index is 11.5. The van der Waals surface area contributed by atoms with Gasteiger partial charge in [-0.3, -0.25) is 10.3 Å². The van der Waals surface area contributed by atoms with Crippen LogP contribution < -0.4 is 11.1 Å². The van der Waals surface area contributed by atoms with Gasteiger partial charge in [0.15, 0.2) is 5.96 Å². The van der Waals surface area contributed by atoms with Crippen LogP contribution in [0, 0.1) is 5.41 Å². The van der Waals surface area contributed by atoms with Crippen molar-refractivity contribution in [2.45, 2.75) is 13.5 Å². The molecule has 0 fully saturated rings. The summed E-state index contributed by atoms with van der Waals surface area (Å²) in [5.74, 6) is 0.272. The minimum absolute atomic E-state index is 0.161. The molecule has 0 aliphatic heterocycles. The molecule has 1 aromatic rings. The molecule has 0 saturated heterocycles. The van der Waals surface area contributed by atoms with E-state index in [0.29, 0.717) is 12.3 Å². The van der Waals surface area contributed by atoms with Gasteiger partial charge in [-0.1, -0.05) is 0 Å². The number of furan rings is 1. The summed E-state index contributed by atoms with van der Waals surface area (Å²) in [5, 5.41) is 9.83. The third-order valence-corrected chi connectivity index (χ3v) is 1.76. The molecule has 1 rings (SSSR count). The summed E-state index contributed by atoms with van der Waals surface area (Å²) in [6.07, 6.45) is 1.51. The van der Waals surface area contributed by atoms with Crippen LogP contribution >= 0.6 is 0 Å². The molecule has 6 heteroatoms. The van der Waals surface area contributed by atoms with Gasteiger partial charge in [0.05, 0.1) is 12.8 Å². The van der Waals surface area contributed by atoms with Gasteiger partial charge in [-0.2, -0.15) is 0 Å². The van der Waals surface area contributed by atoms with Gasteiger partial charge in [-0.05, 0) is 19.1 Å². The van der Waals surface area contributed by atoms with Crippen LogP contribution in [0.15, 0.2) is 22.8 Å². The first kappa shape index (κ1) is 11.1. The standard InChI is InChI=1S/C9H14N4O2/c1-2-12-9(14)13(8(10)11)6-7-4-3-5-15-7/h3-5H,2,6H2,1H3,(H3,10,11)(H,12,14). The van der Waals surface area contributed by atoms with Crippen LogP contribution in [-0.2, 0) is 6.54 Å². The Hall–Kier alpha value is -1.98. The summed E-state index contributed by atoms with van der Waals surface area (Å²) in [6.45, 7) is 2.44. The first-order chi connectivity index (χ1) is 7.15. The first-order valence-corrected chi connectivity index (χ1v) is 4.57. The fourth-order valence-corrected chi connectivity index (χ4v) is 1.07. The van der Waals surface area contributed by atoms with E-state index in [2.05, 4.69) is 5.32 Å². The maximum atomic E-state index is 11.5. The minimum Gasteiger partial charge on any atom is -0.467 e. The van der Waals surface area contributed by atoms with E-state index in [-0.39, 0.29) is 12.5 Å².